The fourth-order valence-corrected chi connectivity index (χ4v) is 2.85. The van der Waals surface area contributed by atoms with E-state index in [0.717, 1.165) is 20.3 Å². The molecule has 1 aromatic heterocycles. The Morgan fingerprint density at radius 1 is 0.950 bits per heavy atom. The minimum Gasteiger partial charge on any atom is -0.396 e. The van der Waals surface area contributed by atoms with E-state index in [4.69, 9.17) is 5.73 Å². The summed E-state index contributed by atoms with van der Waals surface area (Å²) in [5.74, 6) is 0. The van der Waals surface area contributed by atoms with Gasteiger partial charge in [-0.15, -0.1) is 0 Å². The molecule has 0 atom stereocenters. The van der Waals surface area contributed by atoms with E-state index in [1.807, 2.05) is 12.1 Å². The molecule has 0 aliphatic carbocycles. The lowest BCUT2D eigenvalue weighted by atomic mass is 10.1. The van der Waals surface area contributed by atoms with Crippen LogP contribution in [0.15, 0.2) is 57.7 Å². The van der Waals surface area contributed by atoms with Crippen LogP contribution in [0.4, 0.5) is 17.1 Å². The largest absolute Gasteiger partial charge is 0.396 e. The van der Waals surface area contributed by atoms with Crippen molar-refractivity contribution >= 4 is 59.7 Å². The quantitative estimate of drug-likeness (QED) is 0.638. The first kappa shape index (κ1) is 13.4. The van der Waals surface area contributed by atoms with Crippen LogP contribution >= 0.6 is 31.9 Å². The minimum atomic E-state index is 0.607. The number of hydrogen-bond acceptors (Lipinski definition) is 3. The molecule has 0 amide bonds. The van der Waals surface area contributed by atoms with Crippen molar-refractivity contribution in [3.8, 4) is 0 Å². The Hall–Kier alpha value is -1.59. The Bertz CT molecular complexity index is 767. The van der Waals surface area contributed by atoms with Crippen molar-refractivity contribution in [2.75, 3.05) is 11.1 Å². The molecule has 0 spiro atoms. The van der Waals surface area contributed by atoms with Crippen LogP contribution < -0.4 is 11.1 Å². The summed E-state index contributed by atoms with van der Waals surface area (Å²) in [7, 11) is 0. The number of hydrogen-bond donors (Lipinski definition) is 2. The van der Waals surface area contributed by atoms with Gasteiger partial charge in [0.25, 0.3) is 0 Å². The molecule has 2 aromatic carbocycles. The molecule has 0 saturated heterocycles. The van der Waals surface area contributed by atoms with E-state index in [-0.39, 0.29) is 0 Å². The monoisotopic (exact) mass is 391 g/mol. The maximum atomic E-state index is 5.94. The van der Waals surface area contributed by atoms with E-state index in [0.29, 0.717) is 5.69 Å². The van der Waals surface area contributed by atoms with Gasteiger partial charge in [-0.25, -0.2) is 0 Å². The number of benzene rings is 2. The topological polar surface area (TPSA) is 50.9 Å². The lowest BCUT2D eigenvalue weighted by Gasteiger charge is -2.11. The third-order valence-electron chi connectivity index (χ3n) is 3.00. The number of pyridine rings is 1. The van der Waals surface area contributed by atoms with Gasteiger partial charge in [0.2, 0.25) is 0 Å². The Morgan fingerprint density at radius 3 is 2.50 bits per heavy atom. The predicted molar refractivity (Wildman–Crippen MR) is 91.3 cm³/mol. The number of rotatable bonds is 2. The summed E-state index contributed by atoms with van der Waals surface area (Å²) in [4.78, 5) is 4.03. The van der Waals surface area contributed by atoms with Crippen LogP contribution in [0.5, 0.6) is 0 Å². The molecule has 1 heterocycles. The molecule has 0 saturated carbocycles. The molecule has 5 heteroatoms. The Morgan fingerprint density at radius 2 is 1.70 bits per heavy atom. The number of nitrogens with one attached hydrogen (secondary N) is 1. The van der Waals surface area contributed by atoms with Gasteiger partial charge in [0.15, 0.2) is 0 Å². The minimum absolute atomic E-state index is 0.607. The highest BCUT2D eigenvalue weighted by Gasteiger charge is 2.05. The summed E-state index contributed by atoms with van der Waals surface area (Å²) in [5, 5.41) is 5.68. The summed E-state index contributed by atoms with van der Waals surface area (Å²) >= 11 is 6.93. The number of fused-ring (bicyclic) bond motifs is 1. The van der Waals surface area contributed by atoms with E-state index in [1.165, 1.54) is 10.8 Å². The number of nitrogens with two attached hydrogens (primary N) is 1. The molecule has 3 aromatic rings. The van der Waals surface area contributed by atoms with Gasteiger partial charge in [-0.2, -0.15) is 0 Å². The van der Waals surface area contributed by atoms with Gasteiger partial charge in [0.1, 0.15) is 0 Å². The van der Waals surface area contributed by atoms with E-state index in [2.05, 4.69) is 66.4 Å². The maximum absolute atomic E-state index is 5.94. The van der Waals surface area contributed by atoms with Crippen molar-refractivity contribution in [2.24, 2.45) is 0 Å². The van der Waals surface area contributed by atoms with E-state index >= 15 is 0 Å². The third-order valence-corrected chi connectivity index (χ3v) is 4.10. The zero-order valence-electron chi connectivity index (χ0n) is 10.4. The smallest absolute Gasteiger partial charge is 0.0794 e. The molecule has 3 rings (SSSR count). The summed E-state index contributed by atoms with van der Waals surface area (Å²) in [6.45, 7) is 0. The number of nitrogens with zero attached hydrogens (tertiary/aromatic N) is 1. The molecule has 0 unspecified atom stereocenters. The lowest BCUT2D eigenvalue weighted by molar-refractivity contribution is 1.31. The second-order valence-electron chi connectivity index (χ2n) is 4.42. The Labute approximate surface area is 133 Å². The molecule has 20 heavy (non-hydrogen) atoms. The fourth-order valence-electron chi connectivity index (χ4n) is 2.02. The van der Waals surface area contributed by atoms with Gasteiger partial charge in [-0.3, -0.25) is 4.98 Å². The first-order valence-electron chi connectivity index (χ1n) is 5.99. The molecule has 0 aliphatic heterocycles. The number of nitrogen functional groups attached to an aromatic ring is 1. The number of halogens is 2. The highest BCUT2D eigenvalue weighted by molar-refractivity contribution is 9.10. The van der Waals surface area contributed by atoms with Gasteiger partial charge in [-0.1, -0.05) is 28.1 Å². The molecular formula is C15H11Br2N3. The Balaban J connectivity index is 2.01. The summed E-state index contributed by atoms with van der Waals surface area (Å²) in [6, 6.07) is 12.4. The van der Waals surface area contributed by atoms with Gasteiger partial charge < -0.3 is 11.1 Å². The van der Waals surface area contributed by atoms with E-state index in [9.17, 15) is 0 Å². The maximum Gasteiger partial charge on any atom is 0.0794 e. The van der Waals surface area contributed by atoms with Crippen molar-refractivity contribution < 1.29 is 0 Å². The number of anilines is 3. The molecule has 100 valence electrons. The average molecular weight is 393 g/mol. The summed E-state index contributed by atoms with van der Waals surface area (Å²) < 4.78 is 1.92. The van der Waals surface area contributed by atoms with Crippen molar-refractivity contribution in [3.05, 3.63) is 57.7 Å². The van der Waals surface area contributed by atoms with E-state index < -0.39 is 0 Å². The van der Waals surface area contributed by atoms with Crippen molar-refractivity contribution in [3.63, 3.8) is 0 Å². The van der Waals surface area contributed by atoms with Crippen LogP contribution in [-0.2, 0) is 0 Å². The van der Waals surface area contributed by atoms with Gasteiger partial charge in [0.05, 0.1) is 22.0 Å². The van der Waals surface area contributed by atoms with E-state index in [1.54, 1.807) is 12.4 Å². The van der Waals surface area contributed by atoms with Crippen molar-refractivity contribution in [1.29, 1.82) is 0 Å². The normalized spacial score (nSPS) is 10.7. The summed E-state index contributed by atoms with van der Waals surface area (Å²) in [5.41, 5.74) is 8.36. The zero-order chi connectivity index (χ0) is 14.1. The van der Waals surface area contributed by atoms with Crippen LogP contribution in [0.2, 0.25) is 0 Å². The fraction of sp³-hybridized carbons (Fsp3) is 0. The SMILES string of the molecule is Nc1cncc(Br)c1Nc1ccc2cc(Br)ccc2c1. The van der Waals surface area contributed by atoms with Crippen molar-refractivity contribution in [1.82, 2.24) is 4.98 Å². The second-order valence-corrected chi connectivity index (χ2v) is 6.19. The van der Waals surface area contributed by atoms with Gasteiger partial charge in [-0.05, 0) is 51.0 Å². The van der Waals surface area contributed by atoms with Crippen LogP contribution in [0, 0.1) is 0 Å². The molecule has 0 fully saturated rings. The van der Waals surface area contributed by atoms with Crippen LogP contribution in [0.25, 0.3) is 10.8 Å². The first-order chi connectivity index (χ1) is 9.63. The third kappa shape index (κ3) is 2.64. The Kier molecular flexibility index (Phi) is 3.63. The molecule has 0 bridgehead atoms. The van der Waals surface area contributed by atoms with Crippen LogP contribution in [0.3, 0.4) is 0 Å². The van der Waals surface area contributed by atoms with Gasteiger partial charge >= 0.3 is 0 Å². The lowest BCUT2D eigenvalue weighted by Crippen LogP contribution is -1.98. The highest BCUT2D eigenvalue weighted by atomic mass is 79.9. The van der Waals surface area contributed by atoms with Crippen LogP contribution in [-0.4, -0.2) is 4.98 Å². The average Bonchev–Trinajstić information content (AvgIpc) is 2.43. The standard InChI is InChI=1S/C15H11Br2N3/c16-11-3-1-10-6-12(4-2-9(10)5-11)20-15-13(17)7-19-8-14(15)18/h1-8H,18H2,(H,19,20). The second kappa shape index (κ2) is 5.42. The van der Waals surface area contributed by atoms with Gasteiger partial charge in [0, 0.05) is 16.4 Å². The highest BCUT2D eigenvalue weighted by Crippen LogP contribution is 2.31. The summed E-state index contributed by atoms with van der Waals surface area (Å²) in [6.07, 6.45) is 3.35. The molecule has 0 aliphatic rings. The molecule has 3 nitrogen and oxygen atoms in total. The number of aromatic nitrogens is 1. The van der Waals surface area contributed by atoms with Crippen LogP contribution in [0.1, 0.15) is 0 Å². The molecule has 0 radical (unpaired) electrons. The molecular weight excluding hydrogens is 382 g/mol. The zero-order valence-corrected chi connectivity index (χ0v) is 13.6. The van der Waals surface area contributed by atoms with Crippen molar-refractivity contribution in [2.45, 2.75) is 0 Å². The molecule has 3 N–H and O–H groups in total. The first-order valence-corrected chi connectivity index (χ1v) is 7.57. The predicted octanol–water partition coefficient (Wildman–Crippen LogP) is 5.09.